The van der Waals surface area contributed by atoms with Gasteiger partial charge in [-0.1, -0.05) is 36.5 Å². The molecule has 0 aliphatic heterocycles. The van der Waals surface area contributed by atoms with Crippen molar-refractivity contribution >= 4 is 39.2 Å². The van der Waals surface area contributed by atoms with E-state index in [4.69, 9.17) is 4.74 Å². The number of methoxy groups -OCH3 is 1. The van der Waals surface area contributed by atoms with E-state index in [1.165, 1.54) is 30.6 Å². The lowest BCUT2D eigenvalue weighted by atomic mass is 9.80. The Bertz CT molecular complexity index is 1550. The van der Waals surface area contributed by atoms with Crippen LogP contribution in [0.1, 0.15) is 34.3 Å². The smallest absolute Gasteiger partial charge is 0.337 e. The van der Waals surface area contributed by atoms with Crippen molar-refractivity contribution in [3.63, 3.8) is 0 Å². The van der Waals surface area contributed by atoms with Crippen molar-refractivity contribution in [1.82, 2.24) is 20.0 Å². The molecule has 3 aromatic carbocycles. The van der Waals surface area contributed by atoms with E-state index < -0.39 is 11.9 Å². The summed E-state index contributed by atoms with van der Waals surface area (Å²) in [5, 5.41) is 16.3. The number of anilines is 1. The number of fused-ring (bicyclic) bond motifs is 1. The van der Waals surface area contributed by atoms with E-state index in [0.717, 1.165) is 27.7 Å². The Morgan fingerprint density at radius 3 is 2.43 bits per heavy atom. The fourth-order valence-corrected chi connectivity index (χ4v) is 4.79. The van der Waals surface area contributed by atoms with Crippen LogP contribution in [0.4, 0.5) is 9.52 Å². The number of benzene rings is 3. The number of halogens is 1. The summed E-state index contributed by atoms with van der Waals surface area (Å²) in [6.07, 6.45) is 1.74. The number of amides is 1. The van der Waals surface area contributed by atoms with Gasteiger partial charge in [-0.05, 0) is 59.7 Å². The van der Waals surface area contributed by atoms with Crippen LogP contribution in [0.5, 0.6) is 0 Å². The fourth-order valence-electron chi connectivity index (χ4n) is 4.35. The van der Waals surface area contributed by atoms with Crippen LogP contribution in [-0.2, 0) is 9.53 Å². The van der Waals surface area contributed by atoms with Crippen molar-refractivity contribution in [1.29, 1.82) is 0 Å². The monoisotopic (exact) mass is 515 g/mol. The first-order chi connectivity index (χ1) is 17.9. The van der Waals surface area contributed by atoms with E-state index >= 15 is 0 Å². The zero-order valence-corrected chi connectivity index (χ0v) is 20.8. The number of hydrogen-bond donors (Lipinski definition) is 1. The Balaban J connectivity index is 1.54. The Morgan fingerprint density at radius 1 is 1.03 bits per heavy atom. The minimum Gasteiger partial charge on any atom is -0.465 e. The van der Waals surface area contributed by atoms with E-state index in [-0.39, 0.29) is 17.6 Å². The highest BCUT2D eigenvalue weighted by atomic mass is 32.1. The predicted octanol–water partition coefficient (Wildman–Crippen LogP) is 5.21. The first kappa shape index (κ1) is 24.3. The van der Waals surface area contributed by atoms with Gasteiger partial charge in [0.15, 0.2) is 0 Å². The molecule has 5 aromatic rings. The van der Waals surface area contributed by atoms with Gasteiger partial charge in [-0.3, -0.25) is 4.79 Å². The second-order valence-corrected chi connectivity index (χ2v) is 9.30. The fraction of sp³-hybridized carbons (Fsp3) is 0.148. The van der Waals surface area contributed by atoms with Crippen LogP contribution in [-0.4, -0.2) is 39.0 Å². The summed E-state index contributed by atoms with van der Waals surface area (Å²) in [4.78, 5) is 25.1. The van der Waals surface area contributed by atoms with E-state index in [9.17, 15) is 14.0 Å². The Labute approximate surface area is 215 Å². The van der Waals surface area contributed by atoms with Gasteiger partial charge in [0.05, 0.1) is 30.1 Å². The SMILES string of the molecule is COC(=O)c1ccc(C(c2ccc3c(cnn3-c3ccc(F)cc3)c2)C(C)C(=O)Nc2nncs2)cc1. The minimum absolute atomic E-state index is 0.208. The van der Waals surface area contributed by atoms with Crippen LogP contribution in [0, 0.1) is 11.7 Å². The molecule has 2 unspecified atom stereocenters. The Morgan fingerprint density at radius 2 is 1.76 bits per heavy atom. The second-order valence-electron chi connectivity index (χ2n) is 8.46. The highest BCUT2D eigenvalue weighted by molar-refractivity contribution is 7.13. The molecule has 1 N–H and O–H groups in total. The van der Waals surface area contributed by atoms with Gasteiger partial charge in [-0.2, -0.15) is 5.10 Å². The largest absolute Gasteiger partial charge is 0.465 e. The van der Waals surface area contributed by atoms with Crippen LogP contribution in [0.2, 0.25) is 0 Å². The first-order valence-corrected chi connectivity index (χ1v) is 12.3. The second kappa shape index (κ2) is 10.3. The molecule has 0 saturated carbocycles. The molecule has 8 nitrogen and oxygen atoms in total. The van der Waals surface area contributed by atoms with Gasteiger partial charge in [0, 0.05) is 17.2 Å². The molecule has 37 heavy (non-hydrogen) atoms. The van der Waals surface area contributed by atoms with Crippen LogP contribution < -0.4 is 5.32 Å². The number of carbonyl (C=O) groups excluding carboxylic acids is 2. The number of carbonyl (C=O) groups is 2. The van der Waals surface area contributed by atoms with Gasteiger partial charge in [-0.15, -0.1) is 10.2 Å². The maximum Gasteiger partial charge on any atom is 0.337 e. The maximum atomic E-state index is 13.4. The maximum absolute atomic E-state index is 13.4. The number of rotatable bonds is 7. The summed E-state index contributed by atoms with van der Waals surface area (Å²) in [5.41, 5.74) is 5.32. The van der Waals surface area contributed by atoms with E-state index in [1.807, 2.05) is 37.3 Å². The molecule has 0 bridgehead atoms. The molecule has 186 valence electrons. The molecule has 2 atom stereocenters. The molecule has 1 amide bonds. The van der Waals surface area contributed by atoms with Crippen molar-refractivity contribution in [2.24, 2.45) is 5.92 Å². The molecule has 5 rings (SSSR count). The molecule has 0 fully saturated rings. The molecule has 0 aliphatic carbocycles. The van der Waals surface area contributed by atoms with Gasteiger partial charge < -0.3 is 10.1 Å². The van der Waals surface area contributed by atoms with Crippen LogP contribution in [0.15, 0.2) is 78.4 Å². The van der Waals surface area contributed by atoms with Crippen molar-refractivity contribution in [3.8, 4) is 5.69 Å². The zero-order chi connectivity index (χ0) is 25.9. The van der Waals surface area contributed by atoms with Crippen molar-refractivity contribution < 1.29 is 18.7 Å². The van der Waals surface area contributed by atoms with Crippen LogP contribution in [0.25, 0.3) is 16.6 Å². The van der Waals surface area contributed by atoms with E-state index in [2.05, 4.69) is 20.6 Å². The number of ether oxygens (including phenoxy) is 1. The third-order valence-electron chi connectivity index (χ3n) is 6.22. The molecule has 0 saturated heterocycles. The zero-order valence-electron chi connectivity index (χ0n) is 20.0. The summed E-state index contributed by atoms with van der Waals surface area (Å²) in [7, 11) is 1.33. The highest BCUT2D eigenvalue weighted by Crippen LogP contribution is 2.35. The molecule has 10 heteroatoms. The number of aromatic nitrogens is 4. The van der Waals surface area contributed by atoms with Crippen molar-refractivity contribution in [2.45, 2.75) is 12.8 Å². The molecule has 2 heterocycles. The Kier molecular flexibility index (Phi) is 6.74. The number of nitrogens with zero attached hydrogens (tertiary/aromatic N) is 4. The summed E-state index contributed by atoms with van der Waals surface area (Å²) >= 11 is 1.24. The average Bonchev–Trinajstić information content (AvgIpc) is 3.59. The van der Waals surface area contributed by atoms with E-state index in [1.54, 1.807) is 40.7 Å². The van der Waals surface area contributed by atoms with Gasteiger partial charge in [0.25, 0.3) is 0 Å². The molecular weight excluding hydrogens is 493 g/mol. The summed E-state index contributed by atoms with van der Waals surface area (Å²) in [6, 6.07) is 19.0. The lowest BCUT2D eigenvalue weighted by Gasteiger charge is -2.24. The predicted molar refractivity (Wildman–Crippen MR) is 138 cm³/mol. The van der Waals surface area contributed by atoms with Crippen molar-refractivity contribution in [3.05, 3.63) is 101 Å². The lowest BCUT2D eigenvalue weighted by Crippen LogP contribution is -2.26. The molecule has 0 aliphatic rings. The molecule has 2 aromatic heterocycles. The molecular formula is C27H22FN5O3S. The Hall–Kier alpha value is -4.44. The number of hydrogen-bond acceptors (Lipinski definition) is 7. The van der Waals surface area contributed by atoms with Crippen molar-refractivity contribution in [2.75, 3.05) is 12.4 Å². The number of nitrogens with one attached hydrogen (secondary N) is 1. The summed E-state index contributed by atoms with van der Waals surface area (Å²) < 4.78 is 20.0. The molecule has 0 spiro atoms. The summed E-state index contributed by atoms with van der Waals surface area (Å²) in [6.45, 7) is 1.85. The highest BCUT2D eigenvalue weighted by Gasteiger charge is 2.28. The van der Waals surface area contributed by atoms with Gasteiger partial charge in [-0.25, -0.2) is 13.9 Å². The quantitative estimate of drug-likeness (QED) is 0.299. The van der Waals surface area contributed by atoms with E-state index in [0.29, 0.717) is 10.7 Å². The average molecular weight is 516 g/mol. The third kappa shape index (κ3) is 4.96. The normalized spacial score (nSPS) is 12.7. The van der Waals surface area contributed by atoms with Gasteiger partial charge in [0.2, 0.25) is 11.0 Å². The summed E-state index contributed by atoms with van der Waals surface area (Å²) in [5.74, 6) is -1.78. The molecule has 0 radical (unpaired) electrons. The lowest BCUT2D eigenvalue weighted by molar-refractivity contribution is -0.119. The topological polar surface area (TPSA) is 99.0 Å². The third-order valence-corrected chi connectivity index (χ3v) is 6.82. The van der Waals surface area contributed by atoms with Gasteiger partial charge >= 0.3 is 5.97 Å². The van der Waals surface area contributed by atoms with Crippen LogP contribution in [0.3, 0.4) is 0 Å². The number of esters is 1. The van der Waals surface area contributed by atoms with Crippen LogP contribution >= 0.6 is 11.3 Å². The first-order valence-electron chi connectivity index (χ1n) is 11.4. The van der Waals surface area contributed by atoms with Gasteiger partial charge in [0.1, 0.15) is 11.3 Å². The minimum atomic E-state index is -0.488. The standard InChI is InChI=1S/C27H22FN5O3S/c1-16(25(34)31-27-32-29-15-37-27)24(17-3-5-18(6-4-17)26(35)36-2)19-7-12-23-20(13-19)14-30-33(23)22-10-8-21(28)9-11-22/h3-16,24H,1-2H3,(H,31,32,34).